The Morgan fingerprint density at radius 3 is 2.21 bits per heavy atom. The molecule has 2 heterocycles. The van der Waals surface area contributed by atoms with Crippen molar-refractivity contribution >= 4 is 8.07 Å². The summed E-state index contributed by atoms with van der Waals surface area (Å²) in [5.74, 6) is 0. The van der Waals surface area contributed by atoms with Crippen molar-refractivity contribution in [3.05, 3.63) is 0 Å². The summed E-state index contributed by atoms with van der Waals surface area (Å²) in [6.45, 7) is 11.7. The maximum absolute atomic E-state index is 5.43. The van der Waals surface area contributed by atoms with Crippen LogP contribution in [0.4, 0.5) is 0 Å². The maximum Gasteiger partial charge on any atom is 0.0858 e. The molecule has 0 aromatic heterocycles. The van der Waals surface area contributed by atoms with Crippen LogP contribution in [0.3, 0.4) is 0 Å². The lowest BCUT2D eigenvalue weighted by molar-refractivity contribution is 0.263. The predicted molar refractivity (Wildman–Crippen MR) is 60.4 cm³/mol. The molecule has 2 saturated heterocycles. The molecule has 2 nitrogen and oxygen atoms in total. The Morgan fingerprint density at radius 1 is 1.21 bits per heavy atom. The fourth-order valence-corrected chi connectivity index (χ4v) is 7.03. The van der Waals surface area contributed by atoms with Crippen LogP contribution >= 0.6 is 0 Å². The summed E-state index contributed by atoms with van der Waals surface area (Å²) >= 11 is 0. The van der Waals surface area contributed by atoms with Gasteiger partial charge in [-0.15, -0.1) is 0 Å². The smallest absolute Gasteiger partial charge is 0.0858 e. The highest BCUT2D eigenvalue weighted by atomic mass is 28.3. The molecule has 0 aliphatic carbocycles. The minimum absolute atomic E-state index is 0.393. The molecule has 2 fully saturated rings. The number of epoxide rings is 2. The molecule has 2 aliphatic heterocycles. The summed E-state index contributed by atoms with van der Waals surface area (Å²) in [6, 6.07) is 2.70. The van der Waals surface area contributed by atoms with E-state index in [0.717, 1.165) is 13.2 Å². The molecule has 2 aliphatic rings. The molecule has 0 amide bonds. The first-order valence-electron chi connectivity index (χ1n) is 5.62. The molecule has 0 bridgehead atoms. The second-order valence-corrected chi connectivity index (χ2v) is 11.4. The molecule has 3 heteroatoms. The van der Waals surface area contributed by atoms with Gasteiger partial charge < -0.3 is 9.47 Å². The van der Waals surface area contributed by atoms with Gasteiger partial charge in [0.1, 0.15) is 0 Å². The van der Waals surface area contributed by atoms with Crippen LogP contribution in [0.5, 0.6) is 0 Å². The Morgan fingerprint density at radius 2 is 1.79 bits per heavy atom. The zero-order valence-electron chi connectivity index (χ0n) is 9.80. The van der Waals surface area contributed by atoms with Crippen molar-refractivity contribution in [2.75, 3.05) is 13.2 Å². The van der Waals surface area contributed by atoms with Crippen molar-refractivity contribution in [3.8, 4) is 0 Å². The minimum Gasteiger partial charge on any atom is -0.373 e. The molecule has 0 radical (unpaired) electrons. The van der Waals surface area contributed by atoms with Gasteiger partial charge in [0.2, 0.25) is 0 Å². The van der Waals surface area contributed by atoms with Crippen molar-refractivity contribution in [1.82, 2.24) is 0 Å². The first kappa shape index (κ1) is 10.6. The van der Waals surface area contributed by atoms with Crippen molar-refractivity contribution in [3.63, 3.8) is 0 Å². The summed E-state index contributed by atoms with van der Waals surface area (Å²) in [4.78, 5) is 0. The van der Waals surface area contributed by atoms with Gasteiger partial charge in [0.25, 0.3) is 0 Å². The van der Waals surface area contributed by atoms with Gasteiger partial charge in [-0.2, -0.15) is 0 Å². The van der Waals surface area contributed by atoms with E-state index in [1.54, 1.807) is 0 Å². The summed E-state index contributed by atoms with van der Waals surface area (Å²) in [5.41, 5.74) is 0.393. The second kappa shape index (κ2) is 3.32. The topological polar surface area (TPSA) is 25.1 Å². The number of rotatable bonds is 5. The third kappa shape index (κ3) is 2.81. The average Bonchev–Trinajstić information content (AvgIpc) is 2.77. The largest absolute Gasteiger partial charge is 0.373 e. The molecule has 14 heavy (non-hydrogen) atoms. The summed E-state index contributed by atoms with van der Waals surface area (Å²) in [7, 11) is -1.07. The molecule has 0 aromatic rings. The molecular weight excluding hydrogens is 192 g/mol. The van der Waals surface area contributed by atoms with E-state index in [-0.39, 0.29) is 0 Å². The molecule has 0 aromatic carbocycles. The second-order valence-electron chi connectivity index (χ2n) is 6.31. The van der Waals surface area contributed by atoms with Gasteiger partial charge in [-0.3, -0.25) is 0 Å². The van der Waals surface area contributed by atoms with Crippen molar-refractivity contribution in [1.29, 1.82) is 0 Å². The standard InChI is InChI=1S/C11H22O2Si/c1-11(2,10-6-13-10)8-14(3,4)7-9-5-12-9/h9-10H,5-8H2,1-4H3. The molecule has 0 spiro atoms. The van der Waals surface area contributed by atoms with E-state index in [4.69, 9.17) is 9.47 Å². The minimum atomic E-state index is -1.07. The lowest BCUT2D eigenvalue weighted by atomic mass is 9.92. The van der Waals surface area contributed by atoms with Crippen molar-refractivity contribution in [2.45, 2.75) is 51.2 Å². The van der Waals surface area contributed by atoms with E-state index < -0.39 is 8.07 Å². The van der Waals surface area contributed by atoms with E-state index in [1.165, 1.54) is 12.1 Å². The van der Waals surface area contributed by atoms with Gasteiger partial charge in [0.15, 0.2) is 0 Å². The third-order valence-corrected chi connectivity index (χ3v) is 6.75. The molecule has 2 atom stereocenters. The number of ether oxygens (including phenoxy) is 2. The zero-order valence-corrected chi connectivity index (χ0v) is 10.8. The zero-order chi connectivity index (χ0) is 10.4. The SMILES string of the molecule is CC(C)(C[Si](C)(C)CC1CO1)C1CO1. The van der Waals surface area contributed by atoms with Gasteiger partial charge in [-0.05, 0) is 17.5 Å². The number of hydrogen-bond acceptors (Lipinski definition) is 2. The van der Waals surface area contributed by atoms with Gasteiger partial charge in [-0.1, -0.05) is 26.9 Å². The quantitative estimate of drug-likeness (QED) is 0.519. The predicted octanol–water partition coefficient (Wildman–Crippen LogP) is 2.52. The highest BCUT2D eigenvalue weighted by Gasteiger charge is 2.44. The van der Waals surface area contributed by atoms with Gasteiger partial charge in [0.05, 0.1) is 33.5 Å². The summed E-state index contributed by atoms with van der Waals surface area (Å²) in [6.07, 6.45) is 1.14. The van der Waals surface area contributed by atoms with Crippen molar-refractivity contribution in [2.24, 2.45) is 5.41 Å². The maximum atomic E-state index is 5.43. The Labute approximate surface area is 88.0 Å². The van der Waals surface area contributed by atoms with Crippen molar-refractivity contribution < 1.29 is 9.47 Å². The molecule has 2 rings (SSSR count). The van der Waals surface area contributed by atoms with E-state index in [0.29, 0.717) is 17.6 Å². The van der Waals surface area contributed by atoms with Crippen LogP contribution in [-0.2, 0) is 9.47 Å². The first-order chi connectivity index (χ1) is 6.39. The fraction of sp³-hybridized carbons (Fsp3) is 1.00. The number of hydrogen-bond donors (Lipinski definition) is 0. The normalized spacial score (nSPS) is 31.7. The van der Waals surface area contributed by atoms with Crippen LogP contribution in [0, 0.1) is 5.41 Å². The van der Waals surface area contributed by atoms with Crippen LogP contribution in [0.15, 0.2) is 0 Å². The summed E-state index contributed by atoms with van der Waals surface area (Å²) < 4.78 is 10.8. The van der Waals surface area contributed by atoms with Gasteiger partial charge in [0, 0.05) is 0 Å². The molecule has 2 unspecified atom stereocenters. The molecule has 0 saturated carbocycles. The molecule has 82 valence electrons. The monoisotopic (exact) mass is 214 g/mol. The van der Waals surface area contributed by atoms with Gasteiger partial charge in [-0.25, -0.2) is 0 Å². The van der Waals surface area contributed by atoms with Crippen LogP contribution < -0.4 is 0 Å². The highest BCUT2D eigenvalue weighted by Crippen LogP contribution is 2.41. The highest BCUT2D eigenvalue weighted by molar-refractivity contribution is 6.77. The molecule has 0 N–H and O–H groups in total. The third-order valence-electron chi connectivity index (χ3n) is 3.32. The van der Waals surface area contributed by atoms with E-state index in [9.17, 15) is 0 Å². The van der Waals surface area contributed by atoms with E-state index in [1.807, 2.05) is 0 Å². The Bertz CT molecular complexity index is 217. The van der Waals surface area contributed by atoms with Crippen LogP contribution in [0.2, 0.25) is 25.2 Å². The van der Waals surface area contributed by atoms with Gasteiger partial charge >= 0.3 is 0 Å². The van der Waals surface area contributed by atoms with E-state index >= 15 is 0 Å². The lowest BCUT2D eigenvalue weighted by Gasteiger charge is -2.32. The fourth-order valence-electron chi connectivity index (χ4n) is 2.72. The molecular formula is C11H22O2Si. The first-order valence-corrected chi connectivity index (χ1v) is 9.04. The lowest BCUT2D eigenvalue weighted by Crippen LogP contribution is -2.36. The summed E-state index contributed by atoms with van der Waals surface area (Å²) in [5, 5.41) is 0. The average molecular weight is 214 g/mol. The van der Waals surface area contributed by atoms with E-state index in [2.05, 4.69) is 26.9 Å². The Balaban J connectivity index is 1.86. The van der Waals surface area contributed by atoms with Crippen LogP contribution in [0.25, 0.3) is 0 Å². The van der Waals surface area contributed by atoms with Crippen LogP contribution in [0.1, 0.15) is 13.8 Å². The Hall–Kier alpha value is 0.137. The van der Waals surface area contributed by atoms with Crippen LogP contribution in [-0.4, -0.2) is 33.5 Å². The Kier molecular flexibility index (Phi) is 2.53.